The van der Waals surface area contributed by atoms with Crippen molar-refractivity contribution in [1.29, 1.82) is 5.26 Å². The SMILES string of the molecule is COc1cccc(C(=O)OCC(=O)c2cn(CCC#N)c3ccccc23)c1. The summed E-state index contributed by atoms with van der Waals surface area (Å²) in [4.78, 5) is 24.8. The number of benzene rings is 2. The van der Waals surface area contributed by atoms with E-state index in [1.54, 1.807) is 30.5 Å². The van der Waals surface area contributed by atoms with Crippen LogP contribution < -0.4 is 4.74 Å². The summed E-state index contributed by atoms with van der Waals surface area (Å²) in [5.41, 5.74) is 1.66. The first-order valence-corrected chi connectivity index (χ1v) is 8.43. The summed E-state index contributed by atoms with van der Waals surface area (Å²) in [6.45, 7) is 0.135. The van der Waals surface area contributed by atoms with Gasteiger partial charge in [0.2, 0.25) is 5.78 Å². The number of hydrogen-bond acceptors (Lipinski definition) is 5. The van der Waals surface area contributed by atoms with Gasteiger partial charge in [0.15, 0.2) is 6.61 Å². The molecule has 0 radical (unpaired) electrons. The average Bonchev–Trinajstić information content (AvgIpc) is 3.09. The van der Waals surface area contributed by atoms with E-state index in [2.05, 4.69) is 6.07 Å². The van der Waals surface area contributed by atoms with Gasteiger partial charge in [-0.25, -0.2) is 4.79 Å². The van der Waals surface area contributed by atoms with Crippen molar-refractivity contribution in [3.63, 3.8) is 0 Å². The number of Topliss-reactive ketones (excluding diaryl/α,β-unsaturated/α-hetero) is 1. The van der Waals surface area contributed by atoms with Crippen molar-refractivity contribution in [2.45, 2.75) is 13.0 Å². The topological polar surface area (TPSA) is 81.3 Å². The molecule has 6 nitrogen and oxygen atoms in total. The molecule has 2 aromatic carbocycles. The van der Waals surface area contributed by atoms with Crippen molar-refractivity contribution in [2.75, 3.05) is 13.7 Å². The first-order valence-electron chi connectivity index (χ1n) is 8.43. The van der Waals surface area contributed by atoms with Gasteiger partial charge < -0.3 is 14.0 Å². The highest BCUT2D eigenvalue weighted by Crippen LogP contribution is 2.22. The fraction of sp³-hybridized carbons (Fsp3) is 0.190. The Bertz CT molecular complexity index is 1030. The van der Waals surface area contributed by atoms with Crippen LogP contribution in [-0.4, -0.2) is 30.0 Å². The lowest BCUT2D eigenvalue weighted by molar-refractivity contribution is 0.0475. The quantitative estimate of drug-likeness (QED) is 0.474. The second kappa shape index (κ2) is 8.19. The first kappa shape index (κ1) is 18.2. The van der Waals surface area contributed by atoms with Crippen LogP contribution in [0.25, 0.3) is 10.9 Å². The summed E-state index contributed by atoms with van der Waals surface area (Å²) in [5, 5.41) is 9.59. The van der Waals surface area contributed by atoms with Crippen LogP contribution in [0.15, 0.2) is 54.7 Å². The van der Waals surface area contributed by atoms with E-state index in [9.17, 15) is 9.59 Å². The summed E-state index contributed by atoms with van der Waals surface area (Å²) in [5.74, 6) is -0.343. The number of rotatable bonds is 7. The molecule has 6 heteroatoms. The number of methoxy groups -OCH3 is 1. The van der Waals surface area contributed by atoms with Crippen LogP contribution in [0.5, 0.6) is 5.75 Å². The Morgan fingerprint density at radius 3 is 2.74 bits per heavy atom. The van der Waals surface area contributed by atoms with Crippen molar-refractivity contribution in [3.8, 4) is 11.8 Å². The van der Waals surface area contributed by atoms with Crippen LogP contribution in [0, 0.1) is 11.3 Å². The number of aromatic nitrogens is 1. The van der Waals surface area contributed by atoms with E-state index < -0.39 is 5.97 Å². The number of para-hydroxylation sites is 1. The van der Waals surface area contributed by atoms with Crippen LogP contribution in [0.2, 0.25) is 0 Å². The second-order valence-electron chi connectivity index (χ2n) is 5.89. The Morgan fingerprint density at radius 1 is 1.15 bits per heavy atom. The van der Waals surface area contributed by atoms with E-state index in [0.717, 1.165) is 10.9 Å². The number of nitrogens with zero attached hydrogens (tertiary/aromatic N) is 2. The van der Waals surface area contributed by atoms with Crippen LogP contribution in [-0.2, 0) is 11.3 Å². The molecule has 27 heavy (non-hydrogen) atoms. The first-order chi connectivity index (χ1) is 13.1. The van der Waals surface area contributed by atoms with E-state index in [1.807, 2.05) is 28.8 Å². The molecular formula is C21H18N2O4. The number of ether oxygens (including phenoxy) is 2. The molecule has 0 amide bonds. The molecule has 0 unspecified atom stereocenters. The average molecular weight is 362 g/mol. The molecule has 0 fully saturated rings. The van der Waals surface area contributed by atoms with Crippen LogP contribution in [0.4, 0.5) is 0 Å². The third-order valence-electron chi connectivity index (χ3n) is 4.19. The highest BCUT2D eigenvalue weighted by molar-refractivity contribution is 6.09. The van der Waals surface area contributed by atoms with E-state index in [0.29, 0.717) is 29.8 Å². The van der Waals surface area contributed by atoms with Crippen LogP contribution >= 0.6 is 0 Å². The number of aryl methyl sites for hydroxylation is 1. The highest BCUT2D eigenvalue weighted by atomic mass is 16.5. The maximum atomic E-state index is 12.6. The minimum atomic E-state index is -0.588. The van der Waals surface area contributed by atoms with Gasteiger partial charge in [0, 0.05) is 29.2 Å². The molecule has 0 N–H and O–H groups in total. The molecule has 0 atom stereocenters. The van der Waals surface area contributed by atoms with Gasteiger partial charge in [-0.2, -0.15) is 5.26 Å². The van der Waals surface area contributed by atoms with E-state index in [4.69, 9.17) is 14.7 Å². The van der Waals surface area contributed by atoms with Crippen molar-refractivity contribution in [3.05, 3.63) is 65.9 Å². The Labute approximate surface area is 156 Å². The Balaban J connectivity index is 1.76. The number of carbonyl (C=O) groups excluding carboxylic acids is 2. The predicted molar refractivity (Wildman–Crippen MR) is 99.8 cm³/mol. The zero-order chi connectivity index (χ0) is 19.2. The standard InChI is InChI=1S/C21H18N2O4/c1-26-16-7-4-6-15(12-16)21(25)27-14-20(24)18-13-23(11-5-10-22)19-9-3-2-8-17(18)19/h2-4,6-9,12-13H,5,11,14H2,1H3. The Hall–Kier alpha value is -3.59. The molecule has 0 aliphatic rings. The summed E-state index contributed by atoms with van der Waals surface area (Å²) in [6.07, 6.45) is 2.06. The molecule has 0 saturated heterocycles. The smallest absolute Gasteiger partial charge is 0.338 e. The zero-order valence-corrected chi connectivity index (χ0v) is 14.8. The normalized spacial score (nSPS) is 10.4. The molecule has 3 rings (SSSR count). The van der Waals surface area contributed by atoms with Gasteiger partial charge >= 0.3 is 5.97 Å². The van der Waals surface area contributed by atoms with Crippen molar-refractivity contribution < 1.29 is 19.1 Å². The van der Waals surface area contributed by atoms with Gasteiger partial charge in [0.05, 0.1) is 25.2 Å². The third kappa shape index (κ3) is 3.98. The maximum Gasteiger partial charge on any atom is 0.338 e. The number of esters is 1. The number of nitriles is 1. The van der Waals surface area contributed by atoms with E-state index in [1.165, 1.54) is 7.11 Å². The fourth-order valence-corrected chi connectivity index (χ4v) is 2.87. The predicted octanol–water partition coefficient (Wildman–Crippen LogP) is 3.60. The minimum absolute atomic E-state index is 0.293. The van der Waals surface area contributed by atoms with Crippen LogP contribution in [0.3, 0.4) is 0 Å². The van der Waals surface area contributed by atoms with Crippen molar-refractivity contribution >= 4 is 22.7 Å². The molecule has 1 aromatic heterocycles. The molecule has 3 aromatic rings. The van der Waals surface area contributed by atoms with Gasteiger partial charge in [-0.3, -0.25) is 4.79 Å². The largest absolute Gasteiger partial charge is 0.497 e. The van der Waals surface area contributed by atoms with E-state index >= 15 is 0 Å². The molecule has 0 aliphatic carbocycles. The van der Waals surface area contributed by atoms with Gasteiger partial charge in [0.25, 0.3) is 0 Å². The summed E-state index contributed by atoms with van der Waals surface area (Å²) in [6, 6.07) is 16.1. The zero-order valence-electron chi connectivity index (χ0n) is 14.8. The maximum absolute atomic E-state index is 12.6. The summed E-state index contributed by atoms with van der Waals surface area (Å²) < 4.78 is 12.1. The summed E-state index contributed by atoms with van der Waals surface area (Å²) >= 11 is 0. The monoisotopic (exact) mass is 362 g/mol. The number of ketones is 1. The lowest BCUT2D eigenvalue weighted by atomic mass is 10.1. The molecule has 0 spiro atoms. The van der Waals surface area contributed by atoms with Gasteiger partial charge in [-0.1, -0.05) is 24.3 Å². The second-order valence-corrected chi connectivity index (χ2v) is 5.89. The minimum Gasteiger partial charge on any atom is -0.497 e. The molecule has 0 bridgehead atoms. The lowest BCUT2D eigenvalue weighted by Gasteiger charge is -2.05. The molecule has 0 aliphatic heterocycles. The third-order valence-corrected chi connectivity index (χ3v) is 4.19. The van der Waals surface area contributed by atoms with E-state index in [-0.39, 0.29) is 12.4 Å². The summed E-state index contributed by atoms with van der Waals surface area (Å²) in [7, 11) is 1.51. The molecule has 1 heterocycles. The Morgan fingerprint density at radius 2 is 1.96 bits per heavy atom. The van der Waals surface area contributed by atoms with Crippen molar-refractivity contribution in [1.82, 2.24) is 4.57 Å². The molecule has 136 valence electrons. The number of fused-ring (bicyclic) bond motifs is 1. The lowest BCUT2D eigenvalue weighted by Crippen LogP contribution is -2.14. The van der Waals surface area contributed by atoms with Gasteiger partial charge in [0.1, 0.15) is 5.75 Å². The van der Waals surface area contributed by atoms with Gasteiger partial charge in [-0.05, 0) is 24.3 Å². The highest BCUT2D eigenvalue weighted by Gasteiger charge is 2.17. The fourth-order valence-electron chi connectivity index (χ4n) is 2.87. The molecule has 0 saturated carbocycles. The van der Waals surface area contributed by atoms with Crippen molar-refractivity contribution in [2.24, 2.45) is 0 Å². The molecular weight excluding hydrogens is 344 g/mol. The number of hydrogen-bond donors (Lipinski definition) is 0. The van der Waals surface area contributed by atoms with Gasteiger partial charge in [-0.15, -0.1) is 0 Å². The van der Waals surface area contributed by atoms with Crippen LogP contribution in [0.1, 0.15) is 27.1 Å². The Kier molecular flexibility index (Phi) is 5.53. The number of carbonyl (C=O) groups is 2.